The Bertz CT molecular complexity index is 1120. The Balaban J connectivity index is 1.62. The third kappa shape index (κ3) is 4.67. The molecule has 2 aromatic carbocycles. The molecular formula is C19H17F2N5O3. The van der Waals surface area contributed by atoms with Crippen LogP contribution in [0.5, 0.6) is 0 Å². The lowest BCUT2D eigenvalue weighted by Gasteiger charge is -2.13. The van der Waals surface area contributed by atoms with E-state index in [1.165, 1.54) is 10.6 Å². The fourth-order valence-corrected chi connectivity index (χ4v) is 2.64. The number of hydrogen-bond donors (Lipinski definition) is 4. The second-order valence-corrected chi connectivity index (χ2v) is 6.07. The number of para-hydroxylation sites is 2. The molecular weight excluding hydrogens is 384 g/mol. The van der Waals surface area contributed by atoms with Gasteiger partial charge >= 0.3 is 11.7 Å². The highest BCUT2D eigenvalue weighted by Crippen LogP contribution is 2.19. The van der Waals surface area contributed by atoms with Crippen LogP contribution in [0.25, 0.3) is 5.69 Å². The molecule has 3 rings (SSSR count). The Morgan fingerprint density at radius 1 is 1.07 bits per heavy atom. The molecule has 0 saturated heterocycles. The van der Waals surface area contributed by atoms with Crippen molar-refractivity contribution in [3.63, 3.8) is 0 Å². The molecule has 0 fully saturated rings. The molecule has 4 N–H and O–H groups in total. The van der Waals surface area contributed by atoms with Gasteiger partial charge in [-0.05, 0) is 31.2 Å². The number of carbonyl (C=O) groups excluding carboxylic acids is 2. The number of imidazole rings is 1. The molecule has 10 heteroatoms. The molecule has 1 aromatic heterocycles. The van der Waals surface area contributed by atoms with E-state index in [9.17, 15) is 23.2 Å². The minimum Gasteiger partial charge on any atom is -0.329 e. The van der Waals surface area contributed by atoms with Gasteiger partial charge in [-0.3, -0.25) is 9.36 Å². The maximum Gasteiger partial charge on any atom is 0.330 e. The van der Waals surface area contributed by atoms with Crippen LogP contribution in [0.4, 0.5) is 25.0 Å². The molecule has 0 aliphatic heterocycles. The summed E-state index contributed by atoms with van der Waals surface area (Å²) in [6.07, 6.45) is 1.54. The van der Waals surface area contributed by atoms with Crippen molar-refractivity contribution in [1.82, 2.24) is 14.9 Å². The first-order valence-corrected chi connectivity index (χ1v) is 8.51. The Kier molecular flexibility index (Phi) is 5.72. The zero-order valence-corrected chi connectivity index (χ0v) is 15.3. The van der Waals surface area contributed by atoms with E-state index in [1.54, 1.807) is 37.4 Å². The lowest BCUT2D eigenvalue weighted by molar-refractivity contribution is -0.115. The number of aromatic amines is 1. The van der Waals surface area contributed by atoms with Gasteiger partial charge in [-0.15, -0.1) is 0 Å². The zero-order valence-electron chi connectivity index (χ0n) is 15.3. The first kappa shape index (κ1) is 19.8. The Hall–Kier alpha value is -3.95. The van der Waals surface area contributed by atoms with E-state index in [2.05, 4.69) is 20.9 Å². The number of carbonyl (C=O) groups is 2. The highest BCUT2D eigenvalue weighted by atomic mass is 19.2. The first-order valence-electron chi connectivity index (χ1n) is 8.51. The summed E-state index contributed by atoms with van der Waals surface area (Å²) in [4.78, 5) is 38.6. The fourth-order valence-electron chi connectivity index (χ4n) is 2.64. The van der Waals surface area contributed by atoms with E-state index in [0.717, 1.165) is 12.1 Å². The van der Waals surface area contributed by atoms with Crippen LogP contribution < -0.4 is 21.6 Å². The average molecular weight is 401 g/mol. The standard InChI is InChI=1S/C19H17F2N5O3/c1-11-9-23-19(29)26(11)16-5-3-2-4-15(16)25-18(28)22-10-17(27)24-12-6-7-13(20)14(21)8-12/h2-9H,10H2,1H3,(H,23,29)(H,24,27)(H2,22,25,28). The number of hydrogen-bond acceptors (Lipinski definition) is 3. The van der Waals surface area contributed by atoms with Crippen molar-refractivity contribution in [2.45, 2.75) is 6.92 Å². The third-order valence-corrected chi connectivity index (χ3v) is 3.97. The molecule has 0 bridgehead atoms. The van der Waals surface area contributed by atoms with Crippen LogP contribution in [-0.2, 0) is 4.79 Å². The molecule has 0 atom stereocenters. The summed E-state index contributed by atoms with van der Waals surface area (Å²) >= 11 is 0. The quantitative estimate of drug-likeness (QED) is 0.528. The lowest BCUT2D eigenvalue weighted by atomic mass is 10.2. The maximum atomic E-state index is 13.2. The molecule has 29 heavy (non-hydrogen) atoms. The van der Waals surface area contributed by atoms with Gasteiger partial charge < -0.3 is 20.9 Å². The van der Waals surface area contributed by atoms with Gasteiger partial charge in [0.2, 0.25) is 5.91 Å². The number of aryl methyl sites for hydroxylation is 1. The van der Waals surface area contributed by atoms with Crippen molar-refractivity contribution in [3.8, 4) is 5.69 Å². The molecule has 0 saturated carbocycles. The minimum atomic E-state index is -1.10. The van der Waals surface area contributed by atoms with E-state index >= 15 is 0 Å². The molecule has 0 unspecified atom stereocenters. The number of aromatic nitrogens is 2. The number of benzene rings is 2. The summed E-state index contributed by atoms with van der Waals surface area (Å²) in [7, 11) is 0. The molecule has 0 spiro atoms. The highest BCUT2D eigenvalue weighted by Gasteiger charge is 2.13. The van der Waals surface area contributed by atoms with E-state index in [-0.39, 0.29) is 11.4 Å². The van der Waals surface area contributed by atoms with Gasteiger partial charge in [0.05, 0.1) is 17.9 Å². The van der Waals surface area contributed by atoms with Crippen LogP contribution in [0.3, 0.4) is 0 Å². The van der Waals surface area contributed by atoms with Crippen molar-refractivity contribution in [2.24, 2.45) is 0 Å². The van der Waals surface area contributed by atoms with Crippen LogP contribution >= 0.6 is 0 Å². The topological polar surface area (TPSA) is 108 Å². The normalized spacial score (nSPS) is 10.4. The Labute approximate surface area is 163 Å². The van der Waals surface area contributed by atoms with Crippen molar-refractivity contribution < 1.29 is 18.4 Å². The van der Waals surface area contributed by atoms with Gasteiger partial charge in [0.1, 0.15) is 0 Å². The van der Waals surface area contributed by atoms with Crippen LogP contribution in [0, 0.1) is 18.6 Å². The summed E-state index contributed by atoms with van der Waals surface area (Å²) in [6, 6.07) is 8.90. The van der Waals surface area contributed by atoms with Gasteiger partial charge in [0.15, 0.2) is 11.6 Å². The van der Waals surface area contributed by atoms with Crippen LogP contribution in [-0.4, -0.2) is 28.0 Å². The number of urea groups is 1. The number of nitrogens with zero attached hydrogens (tertiary/aromatic N) is 1. The zero-order chi connectivity index (χ0) is 21.0. The fraction of sp³-hybridized carbons (Fsp3) is 0.105. The molecule has 150 valence electrons. The minimum absolute atomic E-state index is 0.0590. The van der Waals surface area contributed by atoms with Gasteiger partial charge in [0.25, 0.3) is 0 Å². The second kappa shape index (κ2) is 8.38. The van der Waals surface area contributed by atoms with E-state index in [0.29, 0.717) is 17.1 Å². The monoisotopic (exact) mass is 401 g/mol. The Morgan fingerprint density at radius 3 is 2.52 bits per heavy atom. The average Bonchev–Trinajstić information content (AvgIpc) is 3.02. The van der Waals surface area contributed by atoms with Crippen LogP contribution in [0.15, 0.2) is 53.5 Å². The number of nitrogens with one attached hydrogen (secondary N) is 4. The van der Waals surface area contributed by atoms with Crippen molar-refractivity contribution >= 4 is 23.3 Å². The van der Waals surface area contributed by atoms with Gasteiger partial charge in [0, 0.05) is 23.6 Å². The Morgan fingerprint density at radius 2 is 1.83 bits per heavy atom. The van der Waals surface area contributed by atoms with E-state index < -0.39 is 30.1 Å². The van der Waals surface area contributed by atoms with E-state index in [4.69, 9.17) is 0 Å². The molecule has 0 aliphatic rings. The molecule has 0 aliphatic carbocycles. The molecule has 3 aromatic rings. The lowest BCUT2D eigenvalue weighted by Crippen LogP contribution is -2.36. The molecule has 3 amide bonds. The van der Waals surface area contributed by atoms with Crippen LogP contribution in [0.1, 0.15) is 5.69 Å². The smallest absolute Gasteiger partial charge is 0.329 e. The largest absolute Gasteiger partial charge is 0.330 e. The summed E-state index contributed by atoms with van der Waals surface area (Å²) in [5, 5.41) is 7.27. The predicted molar refractivity (Wildman–Crippen MR) is 103 cm³/mol. The number of amides is 3. The number of rotatable bonds is 5. The molecule has 8 nitrogen and oxygen atoms in total. The summed E-state index contributed by atoms with van der Waals surface area (Å²) in [5.74, 6) is -2.76. The van der Waals surface area contributed by atoms with Crippen molar-refractivity contribution in [2.75, 3.05) is 17.2 Å². The number of halogens is 2. The summed E-state index contributed by atoms with van der Waals surface area (Å²) in [6.45, 7) is 1.33. The maximum absolute atomic E-state index is 13.2. The van der Waals surface area contributed by atoms with Gasteiger partial charge in [-0.1, -0.05) is 12.1 Å². The van der Waals surface area contributed by atoms with Crippen LogP contribution in [0.2, 0.25) is 0 Å². The predicted octanol–water partition coefficient (Wildman–Crippen LogP) is 2.51. The second-order valence-electron chi connectivity index (χ2n) is 6.07. The number of anilines is 2. The summed E-state index contributed by atoms with van der Waals surface area (Å²) < 4.78 is 27.5. The SMILES string of the molecule is Cc1c[nH]c(=O)n1-c1ccccc1NC(=O)NCC(=O)Nc1ccc(F)c(F)c1. The highest BCUT2D eigenvalue weighted by molar-refractivity contribution is 5.97. The van der Waals surface area contributed by atoms with Gasteiger partial charge in [-0.2, -0.15) is 0 Å². The first-order chi connectivity index (χ1) is 13.8. The number of H-pyrrole nitrogens is 1. The van der Waals surface area contributed by atoms with Gasteiger partial charge in [-0.25, -0.2) is 18.4 Å². The molecule has 0 radical (unpaired) electrons. The van der Waals surface area contributed by atoms with Crippen molar-refractivity contribution in [3.05, 3.63) is 76.5 Å². The molecule has 1 heterocycles. The van der Waals surface area contributed by atoms with Crippen molar-refractivity contribution in [1.29, 1.82) is 0 Å². The van der Waals surface area contributed by atoms with E-state index in [1.807, 2.05) is 0 Å². The third-order valence-electron chi connectivity index (χ3n) is 3.97. The summed E-state index contributed by atoms with van der Waals surface area (Å²) in [5.41, 5.74) is 1.16.